The molecule has 1 aliphatic rings. The monoisotopic (exact) mass is 331 g/mol. The van der Waals surface area contributed by atoms with E-state index in [4.69, 9.17) is 0 Å². The van der Waals surface area contributed by atoms with Gasteiger partial charge in [0.15, 0.2) is 0 Å². The van der Waals surface area contributed by atoms with Gasteiger partial charge in [-0.05, 0) is 55.6 Å². The van der Waals surface area contributed by atoms with Gasteiger partial charge in [0.25, 0.3) is 11.8 Å². The number of rotatable bonds is 4. The molecule has 2 rings (SSSR count). The summed E-state index contributed by atoms with van der Waals surface area (Å²) < 4.78 is 0. The van der Waals surface area contributed by atoms with E-state index >= 15 is 0 Å². The van der Waals surface area contributed by atoms with E-state index in [0.717, 1.165) is 25.9 Å². The van der Waals surface area contributed by atoms with Crippen LogP contribution < -0.4 is 10.6 Å². The molecule has 0 unspecified atom stereocenters. The lowest BCUT2D eigenvalue weighted by Crippen LogP contribution is -2.43. The summed E-state index contributed by atoms with van der Waals surface area (Å²) in [6.45, 7) is 8.75. The minimum atomic E-state index is -0.101. The highest BCUT2D eigenvalue weighted by atomic mass is 16.2. The number of nitrogens with one attached hydrogen (secondary N) is 2. The Labute approximate surface area is 144 Å². The molecule has 2 amide bonds. The van der Waals surface area contributed by atoms with Gasteiger partial charge in [-0.3, -0.25) is 9.59 Å². The largest absolute Gasteiger partial charge is 0.352 e. The number of benzene rings is 1. The molecule has 1 aromatic rings. The van der Waals surface area contributed by atoms with Gasteiger partial charge in [0.2, 0.25) is 0 Å². The van der Waals surface area contributed by atoms with E-state index in [2.05, 4.69) is 31.4 Å². The Balaban J connectivity index is 1.97. The van der Waals surface area contributed by atoms with Crippen LogP contribution in [0.3, 0.4) is 0 Å². The summed E-state index contributed by atoms with van der Waals surface area (Å²) >= 11 is 0. The average Bonchev–Trinajstić information content (AvgIpc) is 2.58. The van der Waals surface area contributed by atoms with E-state index in [1.54, 1.807) is 24.3 Å². The van der Waals surface area contributed by atoms with Gasteiger partial charge in [0.1, 0.15) is 0 Å². The third-order valence-corrected chi connectivity index (χ3v) is 4.35. The predicted molar refractivity (Wildman–Crippen MR) is 96.2 cm³/mol. The second kappa shape index (κ2) is 7.79. The second-order valence-corrected chi connectivity index (χ2v) is 7.72. The maximum absolute atomic E-state index is 12.6. The lowest BCUT2D eigenvalue weighted by Gasteiger charge is -2.31. The predicted octanol–water partition coefficient (Wildman–Crippen LogP) is 2.29. The molecule has 0 atom stereocenters. The van der Waals surface area contributed by atoms with E-state index in [0.29, 0.717) is 17.7 Å². The van der Waals surface area contributed by atoms with Gasteiger partial charge in [-0.2, -0.15) is 0 Å². The van der Waals surface area contributed by atoms with Gasteiger partial charge in [0, 0.05) is 30.8 Å². The number of carbonyl (C=O) groups excluding carboxylic acids is 2. The smallest absolute Gasteiger partial charge is 0.253 e. The van der Waals surface area contributed by atoms with Gasteiger partial charge in [-0.25, -0.2) is 0 Å². The molecule has 0 aromatic heterocycles. The van der Waals surface area contributed by atoms with Crippen LogP contribution in [0, 0.1) is 5.41 Å². The summed E-state index contributed by atoms with van der Waals surface area (Å²) in [4.78, 5) is 26.6. The summed E-state index contributed by atoms with van der Waals surface area (Å²) in [7, 11) is 1.86. The molecule has 132 valence electrons. The first-order valence-corrected chi connectivity index (χ1v) is 8.64. The molecule has 0 aliphatic carbocycles. The SMILES string of the molecule is CN(C(=O)c1ccc(C(=O)NCC(C)(C)C)cc1)C1CCNCC1. The Kier molecular flexibility index (Phi) is 5.99. The summed E-state index contributed by atoms with van der Waals surface area (Å²) in [5.74, 6) is -0.0841. The summed E-state index contributed by atoms with van der Waals surface area (Å²) in [5, 5.41) is 6.23. The third-order valence-electron chi connectivity index (χ3n) is 4.35. The van der Waals surface area contributed by atoms with Gasteiger partial charge >= 0.3 is 0 Å². The van der Waals surface area contributed by atoms with Gasteiger partial charge < -0.3 is 15.5 Å². The van der Waals surface area contributed by atoms with Crippen LogP contribution in [-0.2, 0) is 0 Å². The van der Waals surface area contributed by atoms with Crippen molar-refractivity contribution in [2.75, 3.05) is 26.7 Å². The van der Waals surface area contributed by atoms with Crippen LogP contribution in [0.25, 0.3) is 0 Å². The molecule has 24 heavy (non-hydrogen) atoms. The summed E-state index contributed by atoms with van der Waals surface area (Å²) in [6.07, 6.45) is 1.96. The number of nitrogens with zero attached hydrogens (tertiary/aromatic N) is 1. The van der Waals surface area contributed by atoms with E-state index in [1.807, 2.05) is 11.9 Å². The van der Waals surface area contributed by atoms with Crippen LogP contribution in [0.15, 0.2) is 24.3 Å². The van der Waals surface area contributed by atoms with Crippen LogP contribution >= 0.6 is 0 Å². The fourth-order valence-corrected chi connectivity index (χ4v) is 2.78. The molecule has 0 saturated carbocycles. The zero-order valence-electron chi connectivity index (χ0n) is 15.2. The van der Waals surface area contributed by atoms with Crippen molar-refractivity contribution in [3.05, 3.63) is 35.4 Å². The van der Waals surface area contributed by atoms with E-state index < -0.39 is 0 Å². The number of hydrogen-bond donors (Lipinski definition) is 2. The van der Waals surface area contributed by atoms with Crippen molar-refractivity contribution in [1.82, 2.24) is 15.5 Å². The zero-order chi connectivity index (χ0) is 17.7. The highest BCUT2D eigenvalue weighted by molar-refractivity contribution is 5.97. The second-order valence-electron chi connectivity index (χ2n) is 7.72. The molecule has 5 nitrogen and oxygen atoms in total. The maximum atomic E-state index is 12.6. The number of piperidine rings is 1. The van der Waals surface area contributed by atoms with Crippen LogP contribution in [0.5, 0.6) is 0 Å². The first kappa shape index (κ1) is 18.5. The molecule has 1 heterocycles. The van der Waals surface area contributed by atoms with Crippen molar-refractivity contribution < 1.29 is 9.59 Å². The van der Waals surface area contributed by atoms with E-state index in [9.17, 15) is 9.59 Å². The first-order valence-electron chi connectivity index (χ1n) is 8.64. The van der Waals surface area contributed by atoms with Crippen LogP contribution in [0.4, 0.5) is 0 Å². The Hall–Kier alpha value is -1.88. The van der Waals surface area contributed by atoms with Crippen molar-refractivity contribution in [3.63, 3.8) is 0 Å². The molecular formula is C19H29N3O2. The standard InChI is InChI=1S/C19H29N3O2/c1-19(2,3)13-21-17(23)14-5-7-15(8-6-14)18(24)22(4)16-9-11-20-12-10-16/h5-8,16,20H,9-13H2,1-4H3,(H,21,23). The quantitative estimate of drug-likeness (QED) is 0.890. The van der Waals surface area contributed by atoms with Crippen LogP contribution in [0.1, 0.15) is 54.3 Å². The molecule has 0 spiro atoms. The van der Waals surface area contributed by atoms with Crippen LogP contribution in [0.2, 0.25) is 0 Å². The third kappa shape index (κ3) is 5.06. The fourth-order valence-electron chi connectivity index (χ4n) is 2.78. The first-order chi connectivity index (χ1) is 11.3. The molecule has 2 N–H and O–H groups in total. The Morgan fingerprint density at radius 2 is 1.67 bits per heavy atom. The van der Waals surface area contributed by atoms with Crippen LogP contribution in [-0.4, -0.2) is 49.4 Å². The van der Waals surface area contributed by atoms with Crippen molar-refractivity contribution in [2.45, 2.75) is 39.7 Å². The fraction of sp³-hybridized carbons (Fsp3) is 0.579. The lowest BCUT2D eigenvalue weighted by molar-refractivity contribution is 0.0702. The van der Waals surface area contributed by atoms with Crippen molar-refractivity contribution in [1.29, 1.82) is 0 Å². The zero-order valence-corrected chi connectivity index (χ0v) is 15.2. The van der Waals surface area contributed by atoms with Gasteiger partial charge in [0.05, 0.1) is 0 Å². The summed E-state index contributed by atoms with van der Waals surface area (Å²) in [6, 6.07) is 7.22. The summed E-state index contributed by atoms with van der Waals surface area (Å²) in [5.41, 5.74) is 1.26. The molecule has 1 saturated heterocycles. The molecular weight excluding hydrogens is 302 g/mol. The Morgan fingerprint density at radius 1 is 1.12 bits per heavy atom. The number of amides is 2. The highest BCUT2D eigenvalue weighted by Gasteiger charge is 2.23. The minimum absolute atomic E-state index is 0.0172. The minimum Gasteiger partial charge on any atom is -0.352 e. The lowest BCUT2D eigenvalue weighted by atomic mass is 9.97. The molecule has 1 fully saturated rings. The Morgan fingerprint density at radius 3 is 2.21 bits per heavy atom. The van der Waals surface area contributed by atoms with Gasteiger partial charge in [-0.15, -0.1) is 0 Å². The molecule has 1 aliphatic heterocycles. The van der Waals surface area contributed by atoms with E-state index in [-0.39, 0.29) is 23.3 Å². The number of carbonyl (C=O) groups is 2. The molecule has 1 aromatic carbocycles. The van der Waals surface area contributed by atoms with Crippen molar-refractivity contribution in [2.24, 2.45) is 5.41 Å². The molecule has 0 bridgehead atoms. The van der Waals surface area contributed by atoms with Crippen molar-refractivity contribution in [3.8, 4) is 0 Å². The number of hydrogen-bond acceptors (Lipinski definition) is 3. The topological polar surface area (TPSA) is 61.4 Å². The molecule has 0 radical (unpaired) electrons. The highest BCUT2D eigenvalue weighted by Crippen LogP contribution is 2.15. The average molecular weight is 331 g/mol. The maximum Gasteiger partial charge on any atom is 0.253 e. The Bertz CT molecular complexity index is 569. The molecule has 5 heteroatoms. The normalized spacial score (nSPS) is 15.8. The van der Waals surface area contributed by atoms with Crippen molar-refractivity contribution >= 4 is 11.8 Å². The van der Waals surface area contributed by atoms with E-state index in [1.165, 1.54) is 0 Å². The van der Waals surface area contributed by atoms with Gasteiger partial charge in [-0.1, -0.05) is 20.8 Å².